The quantitative estimate of drug-likeness (QED) is 0.585. The van der Waals surface area contributed by atoms with E-state index < -0.39 is 10.0 Å². The number of anilines is 1. The summed E-state index contributed by atoms with van der Waals surface area (Å²) >= 11 is 0. The van der Waals surface area contributed by atoms with Crippen LogP contribution in [-0.4, -0.2) is 50.7 Å². The zero-order chi connectivity index (χ0) is 23.0. The number of rotatable bonds is 5. The van der Waals surface area contributed by atoms with Crippen LogP contribution in [0.1, 0.15) is 20.7 Å². The fourth-order valence-electron chi connectivity index (χ4n) is 3.94. The van der Waals surface area contributed by atoms with Gasteiger partial charge < -0.3 is 10.1 Å². The molecule has 0 radical (unpaired) electrons. The number of benzene rings is 3. The van der Waals surface area contributed by atoms with Crippen LogP contribution < -0.4 is 15.0 Å². The summed E-state index contributed by atoms with van der Waals surface area (Å²) in [6, 6.07) is 19.6. The molecule has 33 heavy (non-hydrogen) atoms. The first-order valence-electron chi connectivity index (χ1n) is 10.5. The second-order valence-corrected chi connectivity index (χ2v) is 9.65. The minimum absolute atomic E-state index is 0.220. The molecule has 1 saturated heterocycles. The highest BCUT2D eigenvalue weighted by Gasteiger charge is 2.36. The molecule has 0 atom stereocenters. The third-order valence-electron chi connectivity index (χ3n) is 5.66. The maximum Gasteiger partial charge on any atom is 0.266 e. The van der Waals surface area contributed by atoms with Crippen molar-refractivity contribution in [1.82, 2.24) is 9.62 Å². The van der Waals surface area contributed by atoms with Crippen molar-refractivity contribution in [3.8, 4) is 11.5 Å². The molecule has 0 bridgehead atoms. The molecule has 0 unspecified atom stereocenters. The van der Waals surface area contributed by atoms with Gasteiger partial charge in [0.05, 0.1) is 21.7 Å². The highest BCUT2D eigenvalue weighted by atomic mass is 32.2. The van der Waals surface area contributed by atoms with Gasteiger partial charge in [-0.3, -0.25) is 9.59 Å². The summed E-state index contributed by atoms with van der Waals surface area (Å²) < 4.78 is 32.8. The van der Waals surface area contributed by atoms with E-state index in [1.807, 2.05) is 0 Å². The standard InChI is InChI=1S/C24H21N3O5S/c28-23-21-3-1-2-4-22(21)24(29)27(23)17-5-7-18(8-6-17)32-19-9-11-20(12-10-19)33(30,31)26-15-13-25-14-16-26/h1-12,25H,13-16H2. The van der Waals surface area contributed by atoms with Crippen molar-refractivity contribution in [2.45, 2.75) is 4.90 Å². The highest BCUT2D eigenvalue weighted by molar-refractivity contribution is 7.89. The lowest BCUT2D eigenvalue weighted by atomic mass is 10.1. The van der Waals surface area contributed by atoms with Crippen molar-refractivity contribution in [3.05, 3.63) is 83.9 Å². The van der Waals surface area contributed by atoms with Crippen molar-refractivity contribution >= 4 is 27.5 Å². The normalized spacial score (nSPS) is 16.7. The molecule has 0 aromatic heterocycles. The molecule has 2 aliphatic heterocycles. The number of amides is 2. The number of fused-ring (bicyclic) bond motifs is 1. The Balaban J connectivity index is 1.29. The molecule has 1 N–H and O–H groups in total. The molecule has 3 aromatic carbocycles. The lowest BCUT2D eigenvalue weighted by molar-refractivity contribution is 0.0926. The fraction of sp³-hybridized carbons (Fsp3) is 0.167. The summed E-state index contributed by atoms with van der Waals surface area (Å²) in [7, 11) is -3.53. The number of hydrogen-bond acceptors (Lipinski definition) is 6. The molecule has 2 aliphatic rings. The summed E-state index contributed by atoms with van der Waals surface area (Å²) in [5.74, 6) is 0.256. The number of carbonyl (C=O) groups excluding carboxylic acids is 2. The molecule has 0 aliphatic carbocycles. The van der Waals surface area contributed by atoms with Crippen LogP contribution in [0.4, 0.5) is 5.69 Å². The van der Waals surface area contributed by atoms with Gasteiger partial charge in [-0.25, -0.2) is 13.3 Å². The zero-order valence-corrected chi connectivity index (χ0v) is 18.4. The molecule has 3 aromatic rings. The minimum Gasteiger partial charge on any atom is -0.457 e. The van der Waals surface area contributed by atoms with Crippen LogP contribution in [0.25, 0.3) is 0 Å². The topological polar surface area (TPSA) is 96.0 Å². The van der Waals surface area contributed by atoms with E-state index >= 15 is 0 Å². The molecule has 9 heteroatoms. The average molecular weight is 464 g/mol. The van der Waals surface area contributed by atoms with Gasteiger partial charge in [0.15, 0.2) is 0 Å². The van der Waals surface area contributed by atoms with E-state index in [-0.39, 0.29) is 16.7 Å². The van der Waals surface area contributed by atoms with E-state index in [0.717, 1.165) is 4.90 Å². The van der Waals surface area contributed by atoms with Crippen molar-refractivity contribution in [1.29, 1.82) is 0 Å². The van der Waals surface area contributed by atoms with Crippen molar-refractivity contribution in [2.75, 3.05) is 31.1 Å². The molecular weight excluding hydrogens is 442 g/mol. The Morgan fingerprint density at radius 2 is 1.24 bits per heavy atom. The Bertz CT molecular complexity index is 1280. The fourth-order valence-corrected chi connectivity index (χ4v) is 5.38. The molecular formula is C24H21N3O5S. The average Bonchev–Trinajstić information content (AvgIpc) is 3.11. The number of ether oxygens (including phenoxy) is 1. The first kappa shape index (κ1) is 21.3. The summed E-state index contributed by atoms with van der Waals surface area (Å²) in [5, 5.41) is 3.14. The first-order valence-corrected chi connectivity index (χ1v) is 12.0. The maximum absolute atomic E-state index is 12.8. The molecule has 168 valence electrons. The second-order valence-electron chi connectivity index (χ2n) is 7.71. The number of carbonyl (C=O) groups is 2. The molecule has 0 saturated carbocycles. The summed E-state index contributed by atoms with van der Waals surface area (Å²) in [6.07, 6.45) is 0. The van der Waals surface area contributed by atoms with Crippen LogP contribution in [0, 0.1) is 0 Å². The van der Waals surface area contributed by atoms with Crippen LogP contribution in [-0.2, 0) is 10.0 Å². The Kier molecular flexibility index (Phi) is 5.45. The summed E-state index contributed by atoms with van der Waals surface area (Å²) in [6.45, 7) is 2.16. The van der Waals surface area contributed by atoms with Gasteiger partial charge in [-0.05, 0) is 60.7 Å². The first-order chi connectivity index (χ1) is 15.9. The highest BCUT2D eigenvalue weighted by Crippen LogP contribution is 2.31. The Labute approximate surface area is 191 Å². The molecule has 2 amide bonds. The van der Waals surface area contributed by atoms with Crippen molar-refractivity contribution < 1.29 is 22.7 Å². The lowest BCUT2D eigenvalue weighted by Crippen LogP contribution is -2.46. The predicted octanol–water partition coefficient (Wildman–Crippen LogP) is 2.87. The third kappa shape index (κ3) is 3.91. The number of imide groups is 1. The summed E-state index contributed by atoms with van der Waals surface area (Å²) in [4.78, 5) is 26.6. The van der Waals surface area contributed by atoms with Gasteiger partial charge in [-0.2, -0.15) is 4.31 Å². The van der Waals surface area contributed by atoms with E-state index in [2.05, 4.69) is 5.32 Å². The van der Waals surface area contributed by atoms with Gasteiger partial charge in [0.1, 0.15) is 11.5 Å². The smallest absolute Gasteiger partial charge is 0.266 e. The van der Waals surface area contributed by atoms with E-state index in [0.29, 0.717) is 54.5 Å². The minimum atomic E-state index is -3.53. The zero-order valence-electron chi connectivity index (χ0n) is 17.6. The predicted molar refractivity (Wildman–Crippen MR) is 122 cm³/mol. The second kappa shape index (κ2) is 8.43. The molecule has 0 spiro atoms. The molecule has 5 rings (SSSR count). The number of piperazine rings is 1. The number of hydrogen-bond donors (Lipinski definition) is 1. The molecule has 2 heterocycles. The largest absolute Gasteiger partial charge is 0.457 e. The SMILES string of the molecule is O=C1c2ccccc2C(=O)N1c1ccc(Oc2ccc(S(=O)(=O)N3CCNCC3)cc2)cc1. The summed E-state index contributed by atoms with van der Waals surface area (Å²) in [5.41, 5.74) is 1.23. The Morgan fingerprint density at radius 3 is 1.79 bits per heavy atom. The van der Waals surface area contributed by atoms with Gasteiger partial charge in [0.25, 0.3) is 11.8 Å². The van der Waals surface area contributed by atoms with Crippen LogP contribution in [0.2, 0.25) is 0 Å². The monoisotopic (exact) mass is 463 g/mol. The number of nitrogens with zero attached hydrogens (tertiary/aromatic N) is 2. The van der Waals surface area contributed by atoms with Crippen molar-refractivity contribution in [2.24, 2.45) is 0 Å². The van der Waals surface area contributed by atoms with E-state index in [1.54, 1.807) is 60.7 Å². The number of sulfonamides is 1. The third-order valence-corrected chi connectivity index (χ3v) is 7.58. The van der Waals surface area contributed by atoms with Crippen LogP contribution in [0.5, 0.6) is 11.5 Å². The van der Waals surface area contributed by atoms with Gasteiger partial charge in [-0.1, -0.05) is 12.1 Å². The van der Waals surface area contributed by atoms with E-state index in [1.165, 1.54) is 16.4 Å². The molecule has 8 nitrogen and oxygen atoms in total. The van der Waals surface area contributed by atoms with Gasteiger partial charge in [0.2, 0.25) is 10.0 Å². The lowest BCUT2D eigenvalue weighted by Gasteiger charge is -2.26. The Hall–Kier alpha value is -3.53. The molecule has 1 fully saturated rings. The maximum atomic E-state index is 12.8. The van der Waals surface area contributed by atoms with E-state index in [4.69, 9.17) is 4.74 Å². The Morgan fingerprint density at radius 1 is 0.727 bits per heavy atom. The van der Waals surface area contributed by atoms with Crippen molar-refractivity contribution in [3.63, 3.8) is 0 Å². The van der Waals surface area contributed by atoms with Crippen LogP contribution in [0.3, 0.4) is 0 Å². The number of nitrogens with one attached hydrogen (secondary N) is 1. The van der Waals surface area contributed by atoms with E-state index in [9.17, 15) is 18.0 Å². The van der Waals surface area contributed by atoms with Gasteiger partial charge >= 0.3 is 0 Å². The van der Waals surface area contributed by atoms with Crippen LogP contribution >= 0.6 is 0 Å². The van der Waals surface area contributed by atoms with Gasteiger partial charge in [-0.15, -0.1) is 0 Å². The van der Waals surface area contributed by atoms with Gasteiger partial charge in [0, 0.05) is 26.2 Å². The van der Waals surface area contributed by atoms with Crippen LogP contribution in [0.15, 0.2) is 77.7 Å².